The summed E-state index contributed by atoms with van der Waals surface area (Å²) in [5, 5.41) is 0. The van der Waals surface area contributed by atoms with E-state index < -0.39 is 0 Å². The van der Waals surface area contributed by atoms with E-state index >= 15 is 0 Å². The van der Waals surface area contributed by atoms with Gasteiger partial charge in [-0.15, -0.1) is 0 Å². The first-order valence-electron chi connectivity index (χ1n) is 6.97. The molecule has 3 rings (SSSR count). The molecule has 0 aliphatic carbocycles. The van der Waals surface area contributed by atoms with Gasteiger partial charge in [0, 0.05) is 12.6 Å². The fourth-order valence-electron chi connectivity index (χ4n) is 3.25. The minimum absolute atomic E-state index is 0.639. The number of piperidine rings is 1. The monoisotopic (exact) mass is 243 g/mol. The van der Waals surface area contributed by atoms with Crippen LogP contribution in [0.5, 0.6) is 5.75 Å². The lowest BCUT2D eigenvalue weighted by Gasteiger charge is -2.40. The summed E-state index contributed by atoms with van der Waals surface area (Å²) in [6.45, 7) is 2.50. The third-order valence-electron chi connectivity index (χ3n) is 4.16. The number of hydrogen-bond donors (Lipinski definition) is 0. The Kier molecular flexibility index (Phi) is 3.37. The second kappa shape index (κ2) is 5.15. The second-order valence-corrected chi connectivity index (χ2v) is 5.23. The summed E-state index contributed by atoms with van der Waals surface area (Å²) < 4.78 is 5.34. The third-order valence-corrected chi connectivity index (χ3v) is 4.16. The zero-order chi connectivity index (χ0) is 12.4. The molecule has 0 spiro atoms. The van der Waals surface area contributed by atoms with Gasteiger partial charge in [-0.25, -0.2) is 0 Å². The molecule has 0 saturated carbocycles. The van der Waals surface area contributed by atoms with Crippen LogP contribution in [0, 0.1) is 0 Å². The SMILES string of the molecule is COc1cccc(C2=CCCN3CCCC[C@H]23)c1. The van der Waals surface area contributed by atoms with E-state index in [1.807, 2.05) is 6.07 Å². The molecular formula is C16H21NO. The lowest BCUT2D eigenvalue weighted by atomic mass is 9.87. The Labute approximate surface area is 109 Å². The fourth-order valence-corrected chi connectivity index (χ4v) is 3.25. The molecule has 0 aromatic heterocycles. The van der Waals surface area contributed by atoms with Gasteiger partial charge in [0.05, 0.1) is 7.11 Å². The zero-order valence-corrected chi connectivity index (χ0v) is 11.1. The van der Waals surface area contributed by atoms with Gasteiger partial charge in [-0.1, -0.05) is 24.6 Å². The topological polar surface area (TPSA) is 12.5 Å². The van der Waals surface area contributed by atoms with Crippen molar-refractivity contribution in [2.24, 2.45) is 0 Å². The highest BCUT2D eigenvalue weighted by molar-refractivity contribution is 5.71. The summed E-state index contributed by atoms with van der Waals surface area (Å²) in [4.78, 5) is 2.65. The molecule has 0 N–H and O–H groups in total. The number of rotatable bonds is 2. The molecule has 0 amide bonds. The van der Waals surface area contributed by atoms with Crippen LogP contribution in [0.25, 0.3) is 5.57 Å². The van der Waals surface area contributed by atoms with E-state index in [0.717, 1.165) is 5.75 Å². The predicted molar refractivity (Wildman–Crippen MR) is 74.8 cm³/mol. The van der Waals surface area contributed by atoms with E-state index in [4.69, 9.17) is 4.74 Å². The highest BCUT2D eigenvalue weighted by Crippen LogP contribution is 2.34. The van der Waals surface area contributed by atoms with Crippen LogP contribution in [-0.2, 0) is 0 Å². The summed E-state index contributed by atoms with van der Waals surface area (Å²) in [5.41, 5.74) is 2.85. The van der Waals surface area contributed by atoms with E-state index in [0.29, 0.717) is 6.04 Å². The Morgan fingerprint density at radius 3 is 3.06 bits per heavy atom. The molecule has 1 fully saturated rings. The molecule has 2 aliphatic rings. The maximum Gasteiger partial charge on any atom is 0.119 e. The van der Waals surface area contributed by atoms with Crippen molar-refractivity contribution in [2.45, 2.75) is 31.7 Å². The van der Waals surface area contributed by atoms with Crippen LogP contribution in [-0.4, -0.2) is 31.1 Å². The molecule has 1 saturated heterocycles. The van der Waals surface area contributed by atoms with E-state index in [9.17, 15) is 0 Å². The molecule has 2 heterocycles. The molecule has 2 aliphatic heterocycles. The Morgan fingerprint density at radius 2 is 2.17 bits per heavy atom. The average molecular weight is 243 g/mol. The first-order chi connectivity index (χ1) is 8.88. The molecule has 0 bridgehead atoms. The maximum absolute atomic E-state index is 5.34. The molecule has 0 radical (unpaired) electrons. The summed E-state index contributed by atoms with van der Waals surface area (Å²) in [6.07, 6.45) is 7.65. The lowest BCUT2D eigenvalue weighted by molar-refractivity contribution is 0.182. The quantitative estimate of drug-likeness (QED) is 0.790. The van der Waals surface area contributed by atoms with Crippen molar-refractivity contribution in [3.05, 3.63) is 35.9 Å². The van der Waals surface area contributed by atoms with Gasteiger partial charge in [0.1, 0.15) is 5.75 Å². The molecular weight excluding hydrogens is 222 g/mol. The molecule has 1 aromatic rings. The highest BCUT2D eigenvalue weighted by atomic mass is 16.5. The van der Waals surface area contributed by atoms with Crippen molar-refractivity contribution in [1.82, 2.24) is 4.90 Å². The smallest absolute Gasteiger partial charge is 0.119 e. The van der Waals surface area contributed by atoms with Crippen LogP contribution in [0.3, 0.4) is 0 Å². The van der Waals surface area contributed by atoms with Crippen molar-refractivity contribution in [3.63, 3.8) is 0 Å². The van der Waals surface area contributed by atoms with Crippen molar-refractivity contribution in [1.29, 1.82) is 0 Å². The Bertz CT molecular complexity index is 452. The Hall–Kier alpha value is -1.28. The van der Waals surface area contributed by atoms with Crippen molar-refractivity contribution in [3.8, 4) is 5.75 Å². The van der Waals surface area contributed by atoms with Gasteiger partial charge in [-0.3, -0.25) is 4.90 Å². The van der Waals surface area contributed by atoms with Gasteiger partial charge < -0.3 is 4.74 Å². The largest absolute Gasteiger partial charge is 0.497 e. The summed E-state index contributed by atoms with van der Waals surface area (Å²) in [5.74, 6) is 0.960. The maximum atomic E-state index is 5.34. The normalized spacial score (nSPS) is 24.3. The Morgan fingerprint density at radius 1 is 1.22 bits per heavy atom. The van der Waals surface area contributed by atoms with Crippen LogP contribution in [0.15, 0.2) is 30.3 Å². The summed E-state index contributed by atoms with van der Waals surface area (Å²) in [6, 6.07) is 9.14. The molecule has 18 heavy (non-hydrogen) atoms. The van der Waals surface area contributed by atoms with Gasteiger partial charge in [0.15, 0.2) is 0 Å². The van der Waals surface area contributed by atoms with Crippen LogP contribution >= 0.6 is 0 Å². The fraction of sp³-hybridized carbons (Fsp3) is 0.500. The van der Waals surface area contributed by atoms with Crippen molar-refractivity contribution in [2.75, 3.05) is 20.2 Å². The van der Waals surface area contributed by atoms with Crippen LogP contribution in [0.2, 0.25) is 0 Å². The molecule has 0 unspecified atom stereocenters. The van der Waals surface area contributed by atoms with Crippen molar-refractivity contribution < 1.29 is 4.74 Å². The summed E-state index contributed by atoms with van der Waals surface area (Å²) in [7, 11) is 1.74. The van der Waals surface area contributed by atoms with E-state index in [1.54, 1.807) is 7.11 Å². The third kappa shape index (κ3) is 2.17. The Balaban J connectivity index is 1.91. The van der Waals surface area contributed by atoms with Crippen LogP contribution < -0.4 is 4.74 Å². The molecule has 2 heteroatoms. The first-order valence-corrected chi connectivity index (χ1v) is 6.97. The van der Waals surface area contributed by atoms with Gasteiger partial charge in [-0.05, 0) is 49.1 Å². The van der Waals surface area contributed by atoms with E-state index in [2.05, 4.69) is 29.2 Å². The minimum atomic E-state index is 0.639. The standard InChI is InChI=1S/C16H21NO/c1-18-14-7-4-6-13(12-14)15-8-5-11-17-10-3-2-9-16(15)17/h4,6-8,12,16H,2-3,5,9-11H2,1H3/t16-/m1/s1. The van der Waals surface area contributed by atoms with Gasteiger partial charge in [0.2, 0.25) is 0 Å². The molecule has 96 valence electrons. The number of benzene rings is 1. The van der Waals surface area contributed by atoms with Gasteiger partial charge in [-0.2, -0.15) is 0 Å². The number of methoxy groups -OCH3 is 1. The average Bonchev–Trinajstić information content (AvgIpc) is 2.47. The van der Waals surface area contributed by atoms with E-state index in [-0.39, 0.29) is 0 Å². The second-order valence-electron chi connectivity index (χ2n) is 5.23. The number of nitrogens with zero attached hydrogens (tertiary/aromatic N) is 1. The summed E-state index contributed by atoms with van der Waals surface area (Å²) >= 11 is 0. The first kappa shape index (κ1) is 11.8. The highest BCUT2D eigenvalue weighted by Gasteiger charge is 2.28. The van der Waals surface area contributed by atoms with Crippen LogP contribution in [0.4, 0.5) is 0 Å². The number of ether oxygens (including phenoxy) is 1. The van der Waals surface area contributed by atoms with E-state index in [1.165, 1.54) is 49.9 Å². The molecule has 2 nitrogen and oxygen atoms in total. The lowest BCUT2D eigenvalue weighted by Crippen LogP contribution is -2.42. The predicted octanol–water partition coefficient (Wildman–Crippen LogP) is 3.34. The number of fused-ring (bicyclic) bond motifs is 1. The molecule has 1 atom stereocenters. The zero-order valence-electron chi connectivity index (χ0n) is 11.1. The minimum Gasteiger partial charge on any atom is -0.497 e. The molecule has 1 aromatic carbocycles. The van der Waals surface area contributed by atoms with Gasteiger partial charge in [0.25, 0.3) is 0 Å². The van der Waals surface area contributed by atoms with Crippen molar-refractivity contribution >= 4 is 5.57 Å². The van der Waals surface area contributed by atoms with Crippen LogP contribution in [0.1, 0.15) is 31.2 Å². The number of hydrogen-bond acceptors (Lipinski definition) is 2. The van der Waals surface area contributed by atoms with Gasteiger partial charge >= 0.3 is 0 Å².